The summed E-state index contributed by atoms with van der Waals surface area (Å²) in [5.41, 5.74) is 0.193. The summed E-state index contributed by atoms with van der Waals surface area (Å²) < 4.78 is 53.8. The maximum absolute atomic E-state index is 14.1. The maximum Gasteiger partial charge on any atom is 0.319 e. The standard InChI is InChI=1S/C21H27ClFN5O5S/c1-27-14(4-7-33-34(2,29)30)11-31-19-17-15(8-16(22)25-19)24-20(26-18(17)27)32-12-21-5-3-6-28(21)10-13(23)9-21/h8,13-14H,3-7,9-12H2,1-2H3/t13-,14+,21+/m1/s1. The first kappa shape index (κ1) is 23.7. The number of aromatic nitrogens is 3. The molecule has 13 heteroatoms. The molecular formula is C21H27ClFN5O5S. The minimum Gasteiger partial charge on any atom is -0.475 e. The van der Waals surface area contributed by atoms with E-state index < -0.39 is 16.3 Å². The molecule has 34 heavy (non-hydrogen) atoms. The highest BCUT2D eigenvalue weighted by atomic mass is 35.5. The topological polar surface area (TPSA) is 107 Å². The lowest BCUT2D eigenvalue weighted by Crippen LogP contribution is -2.43. The van der Waals surface area contributed by atoms with Gasteiger partial charge in [-0.15, -0.1) is 0 Å². The van der Waals surface area contributed by atoms with Crippen LogP contribution in [0.25, 0.3) is 10.9 Å². The van der Waals surface area contributed by atoms with E-state index in [-0.39, 0.29) is 36.0 Å². The largest absolute Gasteiger partial charge is 0.475 e. The first-order chi connectivity index (χ1) is 16.1. The number of ether oxygens (including phenoxy) is 2. The van der Waals surface area contributed by atoms with Crippen molar-refractivity contribution in [2.75, 3.05) is 51.1 Å². The molecule has 2 aromatic rings. The van der Waals surface area contributed by atoms with Crippen molar-refractivity contribution in [1.82, 2.24) is 19.9 Å². The smallest absolute Gasteiger partial charge is 0.319 e. The summed E-state index contributed by atoms with van der Waals surface area (Å²) in [5, 5.41) is 0.812. The molecule has 10 nitrogen and oxygen atoms in total. The second-order valence-corrected chi connectivity index (χ2v) is 11.3. The van der Waals surface area contributed by atoms with E-state index in [1.807, 2.05) is 11.9 Å². The van der Waals surface area contributed by atoms with Crippen molar-refractivity contribution < 1.29 is 26.5 Å². The van der Waals surface area contributed by atoms with Crippen LogP contribution in [-0.2, 0) is 14.3 Å². The van der Waals surface area contributed by atoms with Gasteiger partial charge in [-0.3, -0.25) is 9.08 Å². The molecule has 0 spiro atoms. The zero-order valence-electron chi connectivity index (χ0n) is 19.0. The minimum absolute atomic E-state index is 0.00205. The zero-order chi connectivity index (χ0) is 24.1. The predicted octanol–water partition coefficient (Wildman–Crippen LogP) is 2.20. The van der Waals surface area contributed by atoms with Gasteiger partial charge in [0.25, 0.3) is 10.1 Å². The third-order valence-electron chi connectivity index (χ3n) is 6.85. The Bertz CT molecular complexity index is 1200. The van der Waals surface area contributed by atoms with Gasteiger partial charge in [0.1, 0.15) is 35.7 Å². The van der Waals surface area contributed by atoms with Crippen LogP contribution < -0.4 is 14.4 Å². The van der Waals surface area contributed by atoms with E-state index in [0.29, 0.717) is 48.6 Å². The van der Waals surface area contributed by atoms with E-state index in [4.69, 9.17) is 25.3 Å². The summed E-state index contributed by atoms with van der Waals surface area (Å²) in [7, 11) is -1.71. The molecule has 0 radical (unpaired) electrons. The van der Waals surface area contributed by atoms with E-state index in [1.165, 1.54) is 0 Å². The number of alkyl halides is 1. The van der Waals surface area contributed by atoms with Crippen molar-refractivity contribution in [3.63, 3.8) is 0 Å². The number of halogens is 2. The fourth-order valence-corrected chi connectivity index (χ4v) is 5.78. The molecule has 0 bridgehead atoms. The van der Waals surface area contributed by atoms with Crippen LogP contribution in [0.5, 0.6) is 11.9 Å². The van der Waals surface area contributed by atoms with Gasteiger partial charge < -0.3 is 14.4 Å². The van der Waals surface area contributed by atoms with Gasteiger partial charge >= 0.3 is 6.01 Å². The second kappa shape index (κ2) is 8.89. The Kier molecular flexibility index (Phi) is 6.20. The Morgan fingerprint density at radius 2 is 2.18 bits per heavy atom. The van der Waals surface area contributed by atoms with Crippen molar-refractivity contribution in [3.8, 4) is 11.9 Å². The van der Waals surface area contributed by atoms with Crippen LogP contribution >= 0.6 is 11.6 Å². The van der Waals surface area contributed by atoms with E-state index in [9.17, 15) is 12.8 Å². The number of nitrogens with zero attached hydrogens (tertiary/aromatic N) is 5. The van der Waals surface area contributed by atoms with Crippen LogP contribution in [0, 0.1) is 0 Å². The van der Waals surface area contributed by atoms with Gasteiger partial charge in [0.2, 0.25) is 5.88 Å². The molecule has 0 aliphatic carbocycles. The van der Waals surface area contributed by atoms with E-state index in [1.54, 1.807) is 6.07 Å². The van der Waals surface area contributed by atoms with E-state index in [0.717, 1.165) is 25.6 Å². The van der Waals surface area contributed by atoms with Crippen LogP contribution in [0.2, 0.25) is 5.15 Å². The van der Waals surface area contributed by atoms with Crippen LogP contribution in [0.15, 0.2) is 6.07 Å². The van der Waals surface area contributed by atoms with Gasteiger partial charge in [-0.25, -0.2) is 9.37 Å². The summed E-state index contributed by atoms with van der Waals surface area (Å²) in [5.74, 6) is 0.843. The predicted molar refractivity (Wildman–Crippen MR) is 124 cm³/mol. The number of hydrogen-bond donors (Lipinski definition) is 0. The highest BCUT2D eigenvalue weighted by molar-refractivity contribution is 7.85. The third kappa shape index (κ3) is 4.60. The molecule has 0 N–H and O–H groups in total. The normalized spacial score (nSPS) is 27.0. The third-order valence-corrected chi connectivity index (χ3v) is 7.64. The summed E-state index contributed by atoms with van der Waals surface area (Å²) in [6.45, 7) is 1.84. The first-order valence-corrected chi connectivity index (χ1v) is 13.4. The molecule has 3 atom stereocenters. The molecule has 5 heterocycles. The Labute approximate surface area is 202 Å². The lowest BCUT2D eigenvalue weighted by molar-refractivity contribution is 0.107. The molecule has 0 amide bonds. The molecule has 2 fully saturated rings. The van der Waals surface area contributed by atoms with Gasteiger partial charge in [-0.05, 0) is 25.8 Å². The Morgan fingerprint density at radius 3 is 2.97 bits per heavy atom. The average molecular weight is 516 g/mol. The molecule has 3 aliphatic heterocycles. The highest BCUT2D eigenvalue weighted by Crippen LogP contribution is 2.41. The number of pyridine rings is 1. The number of anilines is 1. The van der Waals surface area contributed by atoms with Gasteiger partial charge in [0.05, 0.1) is 30.0 Å². The molecule has 0 aromatic carbocycles. The van der Waals surface area contributed by atoms with Crippen molar-refractivity contribution >= 4 is 38.4 Å². The number of fused-ring (bicyclic) bond motifs is 1. The lowest BCUT2D eigenvalue weighted by Gasteiger charge is -2.31. The lowest BCUT2D eigenvalue weighted by atomic mass is 9.95. The molecule has 0 unspecified atom stereocenters. The molecule has 2 saturated heterocycles. The SMILES string of the molecule is CN1c2nc(OC[C@@]34CCCN3C[C@H](F)C4)nc3cc(Cl)nc(c23)OC[C@@H]1CCOS(C)(=O)=O. The maximum atomic E-state index is 14.1. The number of rotatable bonds is 7. The Balaban J connectivity index is 1.43. The highest BCUT2D eigenvalue weighted by Gasteiger charge is 2.49. The number of hydrogen-bond acceptors (Lipinski definition) is 10. The van der Waals surface area contributed by atoms with E-state index >= 15 is 0 Å². The van der Waals surface area contributed by atoms with Crippen molar-refractivity contribution in [3.05, 3.63) is 11.2 Å². The fraction of sp³-hybridized carbons (Fsp3) is 0.667. The van der Waals surface area contributed by atoms with Crippen molar-refractivity contribution in [1.29, 1.82) is 0 Å². The van der Waals surface area contributed by atoms with Crippen molar-refractivity contribution in [2.24, 2.45) is 0 Å². The van der Waals surface area contributed by atoms with Crippen LogP contribution in [0.3, 0.4) is 0 Å². The van der Waals surface area contributed by atoms with E-state index in [2.05, 4.69) is 19.9 Å². The van der Waals surface area contributed by atoms with Crippen LogP contribution in [0.1, 0.15) is 25.7 Å². The monoisotopic (exact) mass is 515 g/mol. The molecule has 2 aromatic heterocycles. The quantitative estimate of drug-likeness (QED) is 0.402. The minimum atomic E-state index is -3.55. The first-order valence-electron chi connectivity index (χ1n) is 11.2. The van der Waals surface area contributed by atoms with Crippen molar-refractivity contribution in [2.45, 2.75) is 43.4 Å². The molecule has 5 rings (SSSR count). The summed E-state index contributed by atoms with van der Waals surface area (Å²) in [4.78, 5) is 17.6. The van der Waals surface area contributed by atoms with Gasteiger partial charge in [-0.2, -0.15) is 18.4 Å². The Hall–Kier alpha value is -2.02. The van der Waals surface area contributed by atoms with Gasteiger partial charge in [-0.1, -0.05) is 11.6 Å². The zero-order valence-corrected chi connectivity index (χ0v) is 20.6. The molecular weight excluding hydrogens is 489 g/mol. The summed E-state index contributed by atoms with van der Waals surface area (Å²) in [6.07, 6.45) is 2.88. The van der Waals surface area contributed by atoms with Gasteiger partial charge in [0, 0.05) is 26.1 Å². The second-order valence-electron chi connectivity index (χ2n) is 9.23. The molecule has 186 valence electrons. The van der Waals surface area contributed by atoms with Gasteiger partial charge in [0.15, 0.2) is 0 Å². The van der Waals surface area contributed by atoms with Crippen LogP contribution in [0.4, 0.5) is 10.2 Å². The van der Waals surface area contributed by atoms with Crippen LogP contribution in [-0.4, -0.2) is 92.2 Å². The summed E-state index contributed by atoms with van der Waals surface area (Å²) >= 11 is 6.22. The molecule has 0 saturated carbocycles. The summed E-state index contributed by atoms with van der Waals surface area (Å²) in [6, 6.07) is 1.54. The Morgan fingerprint density at radius 1 is 1.35 bits per heavy atom. The average Bonchev–Trinajstić information content (AvgIpc) is 3.23. The fourth-order valence-electron chi connectivity index (χ4n) is 5.20. The molecule has 3 aliphatic rings. The number of likely N-dealkylation sites (N-methyl/N-ethyl adjacent to an activating group) is 1.